The Balaban J connectivity index is 2.12. The molecule has 0 saturated carbocycles. The lowest BCUT2D eigenvalue weighted by Crippen LogP contribution is -2.24. The molecule has 0 amide bonds. The Labute approximate surface area is 151 Å². The Hall–Kier alpha value is -2.34. The molecule has 6 nitrogen and oxygen atoms in total. The molecule has 0 unspecified atom stereocenters. The van der Waals surface area contributed by atoms with Gasteiger partial charge >= 0.3 is 0 Å². The number of nitrogens with one attached hydrogen (secondary N) is 1. The SMILES string of the molecule is CCC(CC)Cc1nc2nc(N)[nH]n2c(=O)c1Cc1cccc(Cl)c1. The highest BCUT2D eigenvalue weighted by atomic mass is 35.5. The third-order valence-electron chi connectivity index (χ3n) is 4.60. The van der Waals surface area contributed by atoms with E-state index in [0.29, 0.717) is 28.7 Å². The van der Waals surface area contributed by atoms with Gasteiger partial charge in [-0.1, -0.05) is 50.4 Å². The summed E-state index contributed by atoms with van der Waals surface area (Å²) >= 11 is 6.09. The lowest BCUT2D eigenvalue weighted by Gasteiger charge is -2.14. The molecule has 0 aliphatic rings. The van der Waals surface area contributed by atoms with Crippen LogP contribution in [0.5, 0.6) is 0 Å². The molecular weight excluding hydrogens is 338 g/mol. The number of halogens is 1. The van der Waals surface area contributed by atoms with Crippen LogP contribution in [0.15, 0.2) is 29.1 Å². The van der Waals surface area contributed by atoms with E-state index < -0.39 is 0 Å². The van der Waals surface area contributed by atoms with Crippen LogP contribution in [0.2, 0.25) is 5.02 Å². The first-order valence-electron chi connectivity index (χ1n) is 8.52. The van der Waals surface area contributed by atoms with E-state index in [1.807, 2.05) is 24.3 Å². The van der Waals surface area contributed by atoms with E-state index in [2.05, 4.69) is 28.9 Å². The second-order valence-corrected chi connectivity index (χ2v) is 6.72. The highest BCUT2D eigenvalue weighted by Gasteiger charge is 2.18. The van der Waals surface area contributed by atoms with Crippen molar-refractivity contribution in [1.29, 1.82) is 0 Å². The van der Waals surface area contributed by atoms with Crippen molar-refractivity contribution in [3.8, 4) is 0 Å². The van der Waals surface area contributed by atoms with Gasteiger partial charge in [0.1, 0.15) is 0 Å². The zero-order valence-electron chi connectivity index (χ0n) is 14.4. The first-order chi connectivity index (χ1) is 12.0. The molecule has 25 heavy (non-hydrogen) atoms. The Morgan fingerprint density at radius 1 is 1.28 bits per heavy atom. The Morgan fingerprint density at radius 2 is 2.04 bits per heavy atom. The van der Waals surface area contributed by atoms with Crippen molar-refractivity contribution in [2.24, 2.45) is 5.92 Å². The van der Waals surface area contributed by atoms with Gasteiger partial charge in [-0.3, -0.25) is 9.89 Å². The van der Waals surface area contributed by atoms with Crippen LogP contribution >= 0.6 is 11.6 Å². The van der Waals surface area contributed by atoms with Gasteiger partial charge < -0.3 is 5.73 Å². The van der Waals surface area contributed by atoms with Crippen molar-refractivity contribution >= 4 is 23.3 Å². The fourth-order valence-corrected chi connectivity index (χ4v) is 3.27. The maximum absolute atomic E-state index is 13.0. The summed E-state index contributed by atoms with van der Waals surface area (Å²) in [6.45, 7) is 4.31. The average molecular weight is 360 g/mol. The molecule has 0 fully saturated rings. The van der Waals surface area contributed by atoms with E-state index in [4.69, 9.17) is 17.3 Å². The minimum Gasteiger partial charge on any atom is -0.368 e. The number of hydrogen-bond donors (Lipinski definition) is 2. The van der Waals surface area contributed by atoms with Gasteiger partial charge in [0.05, 0.1) is 5.69 Å². The molecule has 0 radical (unpaired) electrons. The Bertz CT molecular complexity index is 942. The number of fused-ring (bicyclic) bond motifs is 1. The number of anilines is 1. The second-order valence-electron chi connectivity index (χ2n) is 6.28. The number of benzene rings is 1. The van der Waals surface area contributed by atoms with Crippen LogP contribution in [-0.2, 0) is 12.8 Å². The molecular formula is C18H22ClN5O. The molecule has 0 aliphatic heterocycles. The predicted molar refractivity (Wildman–Crippen MR) is 100 cm³/mol. The van der Waals surface area contributed by atoms with Gasteiger partial charge in [0.25, 0.3) is 11.3 Å². The topological polar surface area (TPSA) is 89.1 Å². The average Bonchev–Trinajstić information content (AvgIpc) is 2.96. The van der Waals surface area contributed by atoms with Gasteiger partial charge in [0, 0.05) is 17.0 Å². The fourth-order valence-electron chi connectivity index (χ4n) is 3.06. The number of nitrogens with two attached hydrogens (primary N) is 1. The maximum atomic E-state index is 13.0. The molecule has 2 aromatic heterocycles. The highest BCUT2D eigenvalue weighted by molar-refractivity contribution is 6.30. The molecule has 0 atom stereocenters. The smallest absolute Gasteiger partial charge is 0.277 e. The standard InChI is InChI=1S/C18H22ClN5O/c1-3-11(4-2)10-15-14(9-12-6-5-7-13(19)8-12)16(25)24-18(21-15)22-17(20)23-24/h5-8,11H,3-4,9-10H2,1-2H3,(H3,20,21,22,23). The summed E-state index contributed by atoms with van der Waals surface area (Å²) < 4.78 is 1.31. The van der Waals surface area contributed by atoms with Crippen LogP contribution in [-0.4, -0.2) is 19.6 Å². The molecule has 0 bridgehead atoms. The zero-order valence-corrected chi connectivity index (χ0v) is 15.2. The van der Waals surface area contributed by atoms with Crippen molar-refractivity contribution in [2.75, 3.05) is 5.73 Å². The van der Waals surface area contributed by atoms with E-state index in [9.17, 15) is 4.79 Å². The summed E-state index contributed by atoms with van der Waals surface area (Å²) in [4.78, 5) is 21.7. The summed E-state index contributed by atoms with van der Waals surface area (Å²) in [6.07, 6.45) is 3.30. The van der Waals surface area contributed by atoms with Gasteiger partial charge in [0.2, 0.25) is 5.95 Å². The molecule has 132 valence electrons. The minimum atomic E-state index is -0.157. The first kappa shape index (κ1) is 17.5. The summed E-state index contributed by atoms with van der Waals surface area (Å²) in [5, 5.41) is 3.41. The van der Waals surface area contributed by atoms with E-state index in [-0.39, 0.29) is 11.5 Å². The van der Waals surface area contributed by atoms with E-state index in [1.54, 1.807) is 0 Å². The second kappa shape index (κ2) is 7.27. The number of hydrogen-bond acceptors (Lipinski definition) is 4. The van der Waals surface area contributed by atoms with Crippen LogP contribution in [0, 0.1) is 5.92 Å². The summed E-state index contributed by atoms with van der Waals surface area (Å²) in [6, 6.07) is 7.54. The minimum absolute atomic E-state index is 0.157. The number of H-pyrrole nitrogens is 1. The van der Waals surface area contributed by atoms with Crippen molar-refractivity contribution < 1.29 is 0 Å². The molecule has 3 rings (SSSR count). The lowest BCUT2D eigenvalue weighted by atomic mass is 9.94. The van der Waals surface area contributed by atoms with Crippen LogP contribution in [0.1, 0.15) is 43.5 Å². The van der Waals surface area contributed by atoms with E-state index in [1.165, 1.54) is 4.52 Å². The van der Waals surface area contributed by atoms with E-state index >= 15 is 0 Å². The van der Waals surface area contributed by atoms with Crippen molar-refractivity contribution in [3.05, 3.63) is 56.5 Å². The third kappa shape index (κ3) is 3.69. The monoisotopic (exact) mass is 359 g/mol. The summed E-state index contributed by atoms with van der Waals surface area (Å²) in [7, 11) is 0. The third-order valence-corrected chi connectivity index (χ3v) is 4.83. The molecule has 0 spiro atoms. The van der Waals surface area contributed by atoms with Crippen molar-refractivity contribution in [3.63, 3.8) is 0 Å². The zero-order chi connectivity index (χ0) is 18.0. The van der Waals surface area contributed by atoms with Crippen molar-refractivity contribution in [2.45, 2.75) is 39.5 Å². The van der Waals surface area contributed by atoms with Crippen LogP contribution in [0.25, 0.3) is 5.78 Å². The number of aromatic amines is 1. The molecule has 3 aromatic rings. The Morgan fingerprint density at radius 3 is 2.72 bits per heavy atom. The van der Waals surface area contributed by atoms with E-state index in [0.717, 1.165) is 30.5 Å². The van der Waals surface area contributed by atoms with Crippen LogP contribution in [0.4, 0.5) is 5.95 Å². The number of nitrogen functional groups attached to an aromatic ring is 1. The van der Waals surface area contributed by atoms with Gasteiger partial charge in [-0.05, 0) is 30.0 Å². The molecule has 3 N–H and O–H groups in total. The molecule has 0 aliphatic carbocycles. The molecule has 7 heteroatoms. The van der Waals surface area contributed by atoms with Crippen molar-refractivity contribution in [1.82, 2.24) is 19.6 Å². The number of nitrogens with zero attached hydrogens (tertiary/aromatic N) is 3. The summed E-state index contributed by atoms with van der Waals surface area (Å²) in [5.74, 6) is 0.972. The lowest BCUT2D eigenvalue weighted by molar-refractivity contribution is 0.482. The molecule has 2 heterocycles. The number of aromatic nitrogens is 4. The molecule has 0 saturated heterocycles. The summed E-state index contributed by atoms with van der Waals surface area (Å²) in [5.41, 5.74) is 7.98. The largest absolute Gasteiger partial charge is 0.368 e. The molecule has 1 aromatic carbocycles. The van der Waals surface area contributed by atoms with Gasteiger partial charge in [-0.15, -0.1) is 0 Å². The normalized spacial score (nSPS) is 11.5. The Kier molecular flexibility index (Phi) is 5.08. The highest BCUT2D eigenvalue weighted by Crippen LogP contribution is 2.20. The number of rotatable bonds is 6. The maximum Gasteiger partial charge on any atom is 0.277 e. The van der Waals surface area contributed by atoms with Gasteiger partial charge in [-0.25, -0.2) is 4.98 Å². The predicted octanol–water partition coefficient (Wildman–Crippen LogP) is 3.22. The first-order valence-corrected chi connectivity index (χ1v) is 8.90. The fraction of sp³-hybridized carbons (Fsp3) is 0.389. The van der Waals surface area contributed by atoms with Gasteiger partial charge in [-0.2, -0.15) is 9.50 Å². The van der Waals surface area contributed by atoms with Gasteiger partial charge in [0.15, 0.2) is 0 Å². The van der Waals surface area contributed by atoms with Crippen LogP contribution < -0.4 is 11.3 Å². The van der Waals surface area contributed by atoms with Crippen LogP contribution in [0.3, 0.4) is 0 Å². The quantitative estimate of drug-likeness (QED) is 0.707.